The van der Waals surface area contributed by atoms with Crippen LogP contribution in [0.4, 0.5) is 10.1 Å². The third kappa shape index (κ3) is 2.77. The van der Waals surface area contributed by atoms with Gasteiger partial charge in [-0.1, -0.05) is 6.07 Å². The predicted molar refractivity (Wildman–Crippen MR) is 98.6 cm³/mol. The van der Waals surface area contributed by atoms with Crippen LogP contribution in [-0.2, 0) is 4.79 Å². The third-order valence-electron chi connectivity index (χ3n) is 5.02. The van der Waals surface area contributed by atoms with Crippen LogP contribution in [-0.4, -0.2) is 10.8 Å². The predicted octanol–water partition coefficient (Wildman–Crippen LogP) is 3.53. The number of Topliss-reactive ketones (excluding diaryl/α,β-unsaturated/α-hetero) is 1. The van der Waals surface area contributed by atoms with Gasteiger partial charge in [0.25, 0.3) is 0 Å². The standard InChI is InChI=1S/C21H17FN4O/c22-14-6-8-15(9-7-14)26-17-4-1-5-18(27)20(17)19(16(11-23)21(26)24)13-3-2-10-25-12-13/h2-3,6-10,12,19H,1,4-5,24H2. The van der Waals surface area contributed by atoms with Crippen LogP contribution in [0.1, 0.15) is 30.7 Å². The minimum absolute atomic E-state index is 0.0115. The van der Waals surface area contributed by atoms with Gasteiger partial charge in [-0.25, -0.2) is 4.39 Å². The molecule has 4 rings (SSSR count). The highest BCUT2D eigenvalue weighted by Gasteiger charge is 2.40. The molecule has 6 heteroatoms. The van der Waals surface area contributed by atoms with Crippen molar-refractivity contribution < 1.29 is 9.18 Å². The van der Waals surface area contributed by atoms with Crippen LogP contribution in [0.2, 0.25) is 0 Å². The third-order valence-corrected chi connectivity index (χ3v) is 5.02. The van der Waals surface area contributed by atoms with E-state index < -0.39 is 5.92 Å². The van der Waals surface area contributed by atoms with E-state index in [0.717, 1.165) is 11.3 Å². The molecule has 1 aliphatic carbocycles. The van der Waals surface area contributed by atoms with E-state index in [1.54, 1.807) is 35.5 Å². The van der Waals surface area contributed by atoms with Gasteiger partial charge >= 0.3 is 0 Å². The SMILES string of the molecule is N#CC1=C(N)N(c2ccc(F)cc2)C2=C(C(=O)CCC2)C1c1cccnc1. The zero-order valence-electron chi connectivity index (χ0n) is 14.5. The number of hydrogen-bond acceptors (Lipinski definition) is 5. The Labute approximate surface area is 156 Å². The number of hydrogen-bond donors (Lipinski definition) is 1. The fraction of sp³-hybridized carbons (Fsp3) is 0.190. The number of carbonyl (C=O) groups excluding carboxylic acids is 1. The maximum atomic E-state index is 13.4. The van der Waals surface area contributed by atoms with Gasteiger partial charge in [0, 0.05) is 35.8 Å². The van der Waals surface area contributed by atoms with E-state index in [2.05, 4.69) is 11.1 Å². The number of nitriles is 1. The van der Waals surface area contributed by atoms with Crippen molar-refractivity contribution in [2.75, 3.05) is 4.90 Å². The molecule has 0 spiro atoms. The van der Waals surface area contributed by atoms with Crippen molar-refractivity contribution in [1.82, 2.24) is 4.98 Å². The number of halogens is 1. The van der Waals surface area contributed by atoms with Gasteiger partial charge in [0.1, 0.15) is 11.6 Å². The van der Waals surface area contributed by atoms with E-state index in [0.29, 0.717) is 36.1 Å². The van der Waals surface area contributed by atoms with Crippen molar-refractivity contribution >= 4 is 11.5 Å². The van der Waals surface area contributed by atoms with Crippen molar-refractivity contribution in [1.29, 1.82) is 5.26 Å². The Bertz CT molecular complexity index is 1000. The summed E-state index contributed by atoms with van der Waals surface area (Å²) in [4.78, 5) is 18.7. The van der Waals surface area contributed by atoms with E-state index in [1.165, 1.54) is 12.1 Å². The molecule has 1 unspecified atom stereocenters. The number of nitrogens with zero attached hydrogens (tertiary/aromatic N) is 3. The molecule has 2 heterocycles. The zero-order valence-corrected chi connectivity index (χ0v) is 14.5. The Balaban J connectivity index is 1.96. The summed E-state index contributed by atoms with van der Waals surface area (Å²) in [6, 6.07) is 11.7. The monoisotopic (exact) mass is 360 g/mol. The lowest BCUT2D eigenvalue weighted by Crippen LogP contribution is -2.38. The van der Waals surface area contributed by atoms with Gasteiger partial charge in [-0.3, -0.25) is 14.7 Å². The molecular formula is C21H17FN4O. The average molecular weight is 360 g/mol. The molecule has 2 aliphatic rings. The summed E-state index contributed by atoms with van der Waals surface area (Å²) >= 11 is 0. The van der Waals surface area contributed by atoms with Gasteiger partial charge in [0.15, 0.2) is 5.78 Å². The minimum Gasteiger partial charge on any atom is -0.384 e. The first-order valence-electron chi connectivity index (χ1n) is 8.73. The molecule has 1 aromatic heterocycles. The van der Waals surface area contributed by atoms with Crippen LogP contribution in [0.3, 0.4) is 0 Å². The Morgan fingerprint density at radius 3 is 2.67 bits per heavy atom. The van der Waals surface area contributed by atoms with Crippen LogP contribution in [0.5, 0.6) is 0 Å². The molecule has 134 valence electrons. The molecule has 2 aromatic rings. The smallest absolute Gasteiger partial charge is 0.161 e. The van der Waals surface area contributed by atoms with Crippen LogP contribution in [0.15, 0.2) is 71.5 Å². The van der Waals surface area contributed by atoms with Crippen molar-refractivity contribution in [3.8, 4) is 6.07 Å². The molecular weight excluding hydrogens is 343 g/mol. The number of benzene rings is 1. The summed E-state index contributed by atoms with van der Waals surface area (Å²) in [6.07, 6.45) is 5.12. The molecule has 0 saturated carbocycles. The summed E-state index contributed by atoms with van der Waals surface area (Å²) < 4.78 is 13.4. The highest BCUT2D eigenvalue weighted by molar-refractivity contribution is 6.01. The lowest BCUT2D eigenvalue weighted by molar-refractivity contribution is -0.116. The van der Waals surface area contributed by atoms with Gasteiger partial charge < -0.3 is 5.73 Å². The molecule has 0 saturated heterocycles. The van der Waals surface area contributed by atoms with E-state index in [-0.39, 0.29) is 17.4 Å². The normalized spacial score (nSPS) is 19.8. The summed E-state index contributed by atoms with van der Waals surface area (Å²) in [5.41, 5.74) is 9.48. The topological polar surface area (TPSA) is 83.0 Å². The fourth-order valence-corrected chi connectivity index (χ4v) is 3.85. The Hall–Kier alpha value is -3.46. The number of nitrogens with two attached hydrogens (primary N) is 1. The first-order chi connectivity index (χ1) is 13.1. The average Bonchev–Trinajstić information content (AvgIpc) is 2.69. The summed E-state index contributed by atoms with van der Waals surface area (Å²) in [6.45, 7) is 0. The molecule has 1 atom stereocenters. The van der Waals surface area contributed by atoms with E-state index in [4.69, 9.17) is 5.73 Å². The van der Waals surface area contributed by atoms with E-state index >= 15 is 0 Å². The molecule has 0 bridgehead atoms. The number of carbonyl (C=O) groups is 1. The molecule has 5 nitrogen and oxygen atoms in total. The van der Waals surface area contributed by atoms with Gasteiger partial charge in [-0.2, -0.15) is 5.26 Å². The van der Waals surface area contributed by atoms with Crippen LogP contribution in [0, 0.1) is 17.1 Å². The highest BCUT2D eigenvalue weighted by Crippen LogP contribution is 2.45. The fourth-order valence-electron chi connectivity index (χ4n) is 3.85. The lowest BCUT2D eigenvalue weighted by Gasteiger charge is -2.39. The summed E-state index contributed by atoms with van der Waals surface area (Å²) in [5, 5.41) is 9.85. The molecule has 1 aromatic carbocycles. The highest BCUT2D eigenvalue weighted by atomic mass is 19.1. The Morgan fingerprint density at radius 2 is 2.00 bits per heavy atom. The van der Waals surface area contributed by atoms with Crippen molar-refractivity contribution in [2.24, 2.45) is 5.73 Å². The maximum Gasteiger partial charge on any atom is 0.161 e. The lowest BCUT2D eigenvalue weighted by atomic mass is 9.76. The Kier molecular flexibility index (Phi) is 4.21. The first kappa shape index (κ1) is 17.0. The molecule has 2 N–H and O–H groups in total. The molecule has 0 fully saturated rings. The molecule has 27 heavy (non-hydrogen) atoms. The number of allylic oxidation sites excluding steroid dienone is 3. The molecule has 0 radical (unpaired) electrons. The van der Waals surface area contributed by atoms with Crippen molar-refractivity contribution in [2.45, 2.75) is 25.2 Å². The van der Waals surface area contributed by atoms with Crippen LogP contribution < -0.4 is 10.6 Å². The second-order valence-electron chi connectivity index (χ2n) is 6.58. The van der Waals surface area contributed by atoms with Gasteiger partial charge in [-0.15, -0.1) is 0 Å². The minimum atomic E-state index is -0.525. The summed E-state index contributed by atoms with van der Waals surface area (Å²) in [5.74, 6) is -0.604. The summed E-state index contributed by atoms with van der Waals surface area (Å²) in [7, 11) is 0. The number of aromatic nitrogens is 1. The first-order valence-corrected chi connectivity index (χ1v) is 8.73. The van der Waals surface area contributed by atoms with Crippen LogP contribution >= 0.6 is 0 Å². The second-order valence-corrected chi connectivity index (χ2v) is 6.58. The van der Waals surface area contributed by atoms with Gasteiger partial charge in [-0.05, 0) is 48.7 Å². The zero-order chi connectivity index (χ0) is 19.0. The number of pyridine rings is 1. The quantitative estimate of drug-likeness (QED) is 0.886. The largest absolute Gasteiger partial charge is 0.384 e. The van der Waals surface area contributed by atoms with E-state index in [9.17, 15) is 14.4 Å². The van der Waals surface area contributed by atoms with Crippen molar-refractivity contribution in [3.63, 3.8) is 0 Å². The Morgan fingerprint density at radius 1 is 1.22 bits per heavy atom. The van der Waals surface area contributed by atoms with Gasteiger partial charge in [0.05, 0.1) is 17.6 Å². The van der Waals surface area contributed by atoms with Gasteiger partial charge in [0.2, 0.25) is 0 Å². The number of ketones is 1. The maximum absolute atomic E-state index is 13.4. The van der Waals surface area contributed by atoms with Crippen molar-refractivity contribution in [3.05, 3.63) is 82.8 Å². The van der Waals surface area contributed by atoms with E-state index in [1.807, 2.05) is 6.07 Å². The number of anilines is 1. The van der Waals surface area contributed by atoms with Crippen LogP contribution in [0.25, 0.3) is 0 Å². The second kappa shape index (κ2) is 6.69. The number of rotatable bonds is 2. The molecule has 0 amide bonds. The molecule has 1 aliphatic heterocycles.